The second-order valence-electron chi connectivity index (χ2n) is 5.54. The number of hydrogen-bond acceptors (Lipinski definition) is 2. The van der Waals surface area contributed by atoms with Gasteiger partial charge in [0.25, 0.3) is 5.91 Å². The molecule has 1 aromatic carbocycles. The first kappa shape index (κ1) is 15.5. The molecule has 1 aliphatic rings. The number of carbonyl (C=O) groups excluding carboxylic acids is 1. The molecule has 1 fully saturated rings. The highest BCUT2D eigenvalue weighted by Gasteiger charge is 2.27. The van der Waals surface area contributed by atoms with Crippen LogP contribution in [0, 0.1) is 12.7 Å². The number of piperidine rings is 1. The molecule has 0 aliphatic carbocycles. The van der Waals surface area contributed by atoms with Crippen molar-refractivity contribution in [3.05, 3.63) is 35.1 Å². The fraction of sp³-hybridized carbons (Fsp3) is 0.500. The third kappa shape index (κ3) is 3.80. The van der Waals surface area contributed by atoms with Crippen LogP contribution in [0.25, 0.3) is 0 Å². The number of aryl methyl sites for hydroxylation is 1. The highest BCUT2D eigenvalue weighted by atomic mass is 19.1. The Morgan fingerprint density at radius 2 is 2.14 bits per heavy atom. The van der Waals surface area contributed by atoms with Gasteiger partial charge >= 0.3 is 5.97 Å². The van der Waals surface area contributed by atoms with Crippen molar-refractivity contribution >= 4 is 11.9 Å². The van der Waals surface area contributed by atoms with Crippen LogP contribution in [0.2, 0.25) is 0 Å². The molecular weight excluding hydrogens is 273 g/mol. The summed E-state index contributed by atoms with van der Waals surface area (Å²) in [6.45, 7) is 2.27. The summed E-state index contributed by atoms with van der Waals surface area (Å²) in [5.74, 6) is -1.30. The summed E-state index contributed by atoms with van der Waals surface area (Å²) in [5, 5.41) is 8.81. The Kier molecular flexibility index (Phi) is 4.94. The third-order valence-corrected chi connectivity index (χ3v) is 3.98. The van der Waals surface area contributed by atoms with E-state index in [1.165, 1.54) is 12.1 Å². The minimum absolute atomic E-state index is 0.0345. The number of carbonyl (C=O) groups is 2. The Labute approximate surface area is 123 Å². The van der Waals surface area contributed by atoms with Gasteiger partial charge in [-0.25, -0.2) is 4.39 Å². The van der Waals surface area contributed by atoms with E-state index in [4.69, 9.17) is 5.11 Å². The second-order valence-corrected chi connectivity index (χ2v) is 5.54. The van der Waals surface area contributed by atoms with Gasteiger partial charge in [0, 0.05) is 24.6 Å². The third-order valence-electron chi connectivity index (χ3n) is 3.98. The molecule has 21 heavy (non-hydrogen) atoms. The van der Waals surface area contributed by atoms with E-state index in [9.17, 15) is 14.0 Å². The minimum atomic E-state index is -0.842. The number of amides is 1. The van der Waals surface area contributed by atoms with E-state index >= 15 is 0 Å². The van der Waals surface area contributed by atoms with Gasteiger partial charge in [0.05, 0.1) is 0 Å². The standard InChI is InChI=1S/C16H20FNO3/c1-11-10-12(5-7-14(11)17)16(21)18-9-3-2-4-13(18)6-8-15(19)20/h5,7,10,13H,2-4,6,8-9H2,1H3,(H,19,20)/t13-/m1/s1. The number of hydrogen-bond donors (Lipinski definition) is 1. The molecule has 1 atom stereocenters. The molecule has 0 spiro atoms. The van der Waals surface area contributed by atoms with Gasteiger partial charge in [0.1, 0.15) is 5.82 Å². The molecule has 0 radical (unpaired) electrons. The molecular formula is C16H20FNO3. The van der Waals surface area contributed by atoms with Gasteiger partial charge in [-0.2, -0.15) is 0 Å². The lowest BCUT2D eigenvalue weighted by molar-refractivity contribution is -0.137. The SMILES string of the molecule is Cc1cc(C(=O)N2CCCC[C@@H]2CCC(=O)O)ccc1F. The monoisotopic (exact) mass is 293 g/mol. The van der Waals surface area contributed by atoms with E-state index in [1.54, 1.807) is 17.9 Å². The van der Waals surface area contributed by atoms with E-state index < -0.39 is 5.97 Å². The van der Waals surface area contributed by atoms with Crippen molar-refractivity contribution in [1.29, 1.82) is 0 Å². The maximum absolute atomic E-state index is 13.3. The number of carboxylic acids is 1. The number of halogens is 1. The number of likely N-dealkylation sites (tertiary alicyclic amines) is 1. The first-order chi connectivity index (χ1) is 9.99. The van der Waals surface area contributed by atoms with Crippen LogP contribution in [0.15, 0.2) is 18.2 Å². The summed E-state index contributed by atoms with van der Waals surface area (Å²) in [4.78, 5) is 25.0. The highest BCUT2D eigenvalue weighted by molar-refractivity contribution is 5.94. The normalized spacial score (nSPS) is 18.6. The average molecular weight is 293 g/mol. The van der Waals surface area contributed by atoms with Crippen molar-refractivity contribution in [2.75, 3.05) is 6.54 Å². The molecule has 5 heteroatoms. The first-order valence-corrected chi connectivity index (χ1v) is 7.28. The summed E-state index contributed by atoms with van der Waals surface area (Å²) in [7, 11) is 0. The second kappa shape index (κ2) is 6.70. The van der Waals surface area contributed by atoms with Crippen LogP contribution in [-0.4, -0.2) is 34.5 Å². The molecule has 4 nitrogen and oxygen atoms in total. The quantitative estimate of drug-likeness (QED) is 0.928. The number of rotatable bonds is 4. The van der Waals surface area contributed by atoms with Crippen molar-refractivity contribution in [3.8, 4) is 0 Å². The summed E-state index contributed by atoms with van der Waals surface area (Å²) >= 11 is 0. The van der Waals surface area contributed by atoms with Crippen molar-refractivity contribution < 1.29 is 19.1 Å². The molecule has 0 saturated carbocycles. The fourth-order valence-electron chi connectivity index (χ4n) is 2.80. The lowest BCUT2D eigenvalue weighted by Crippen LogP contribution is -2.44. The molecule has 1 amide bonds. The van der Waals surface area contributed by atoms with E-state index in [0.717, 1.165) is 19.3 Å². The summed E-state index contributed by atoms with van der Waals surface area (Å²) in [6, 6.07) is 4.32. The molecule has 114 valence electrons. The smallest absolute Gasteiger partial charge is 0.303 e. The lowest BCUT2D eigenvalue weighted by atomic mass is 9.96. The Morgan fingerprint density at radius 1 is 1.38 bits per heavy atom. The van der Waals surface area contributed by atoms with Crippen molar-refractivity contribution in [1.82, 2.24) is 4.90 Å². The predicted octanol–water partition coefficient (Wildman–Crippen LogP) is 2.99. The van der Waals surface area contributed by atoms with Gasteiger partial charge in [-0.1, -0.05) is 0 Å². The Morgan fingerprint density at radius 3 is 2.81 bits per heavy atom. The molecule has 0 bridgehead atoms. The van der Waals surface area contributed by atoms with Crippen molar-refractivity contribution in [2.24, 2.45) is 0 Å². The van der Waals surface area contributed by atoms with Gasteiger partial charge < -0.3 is 10.0 Å². The zero-order valence-electron chi connectivity index (χ0n) is 12.1. The minimum Gasteiger partial charge on any atom is -0.481 e. The summed E-state index contributed by atoms with van der Waals surface area (Å²) < 4.78 is 13.3. The van der Waals surface area contributed by atoms with Crippen LogP contribution in [0.1, 0.15) is 48.0 Å². The van der Waals surface area contributed by atoms with Crippen LogP contribution < -0.4 is 0 Å². The number of benzene rings is 1. The molecule has 1 heterocycles. The van der Waals surface area contributed by atoms with E-state index in [0.29, 0.717) is 24.1 Å². The molecule has 0 unspecified atom stereocenters. The lowest BCUT2D eigenvalue weighted by Gasteiger charge is -2.35. The summed E-state index contributed by atoms with van der Waals surface area (Å²) in [5.41, 5.74) is 0.913. The van der Waals surface area contributed by atoms with Gasteiger partial charge in [-0.05, 0) is 56.4 Å². The maximum Gasteiger partial charge on any atom is 0.303 e. The first-order valence-electron chi connectivity index (χ1n) is 7.28. The van der Waals surface area contributed by atoms with Crippen LogP contribution in [0.5, 0.6) is 0 Å². The average Bonchev–Trinajstić information content (AvgIpc) is 2.47. The zero-order valence-corrected chi connectivity index (χ0v) is 12.1. The molecule has 1 aliphatic heterocycles. The number of aliphatic carboxylic acids is 1. The van der Waals surface area contributed by atoms with Gasteiger partial charge in [0.15, 0.2) is 0 Å². The molecule has 0 aromatic heterocycles. The van der Waals surface area contributed by atoms with Crippen molar-refractivity contribution in [2.45, 2.75) is 45.1 Å². The van der Waals surface area contributed by atoms with Crippen LogP contribution in [0.3, 0.4) is 0 Å². The van der Waals surface area contributed by atoms with Gasteiger partial charge in [-0.3, -0.25) is 9.59 Å². The number of carboxylic acid groups (broad SMARTS) is 1. The summed E-state index contributed by atoms with van der Waals surface area (Å²) in [6.07, 6.45) is 3.31. The highest BCUT2D eigenvalue weighted by Crippen LogP contribution is 2.23. The zero-order chi connectivity index (χ0) is 15.4. The van der Waals surface area contributed by atoms with E-state index in [1.807, 2.05) is 0 Å². The Balaban J connectivity index is 2.13. The van der Waals surface area contributed by atoms with Gasteiger partial charge in [-0.15, -0.1) is 0 Å². The van der Waals surface area contributed by atoms with Crippen LogP contribution in [-0.2, 0) is 4.79 Å². The van der Waals surface area contributed by atoms with Crippen molar-refractivity contribution in [3.63, 3.8) is 0 Å². The molecule has 1 saturated heterocycles. The largest absolute Gasteiger partial charge is 0.481 e. The maximum atomic E-state index is 13.3. The van der Waals surface area contributed by atoms with E-state index in [-0.39, 0.29) is 24.2 Å². The number of nitrogens with zero attached hydrogens (tertiary/aromatic N) is 1. The van der Waals surface area contributed by atoms with Crippen LogP contribution >= 0.6 is 0 Å². The topological polar surface area (TPSA) is 57.6 Å². The van der Waals surface area contributed by atoms with E-state index in [2.05, 4.69) is 0 Å². The Bertz CT molecular complexity index is 544. The molecule has 1 aromatic rings. The van der Waals surface area contributed by atoms with Crippen LogP contribution in [0.4, 0.5) is 4.39 Å². The predicted molar refractivity (Wildman–Crippen MR) is 76.7 cm³/mol. The van der Waals surface area contributed by atoms with Gasteiger partial charge in [0.2, 0.25) is 0 Å². The molecule has 2 rings (SSSR count). The Hall–Kier alpha value is -1.91. The fourth-order valence-corrected chi connectivity index (χ4v) is 2.80. The molecule has 1 N–H and O–H groups in total.